The van der Waals surface area contributed by atoms with Crippen LogP contribution in [0.2, 0.25) is 0 Å². The molecule has 4 rings (SSSR count). The topological polar surface area (TPSA) is 219 Å². The van der Waals surface area contributed by atoms with Gasteiger partial charge in [-0.1, -0.05) is 30.3 Å². The number of hydrogen-bond donors (Lipinski definition) is 6. The number of rotatable bonds is 9. The Kier molecular flexibility index (Phi) is 7.12. The second kappa shape index (κ2) is 9.76. The fourth-order valence-electron chi connectivity index (χ4n) is 3.37. The number of anilines is 1. The molecule has 5 atom stereocenters. The summed E-state index contributed by atoms with van der Waals surface area (Å²) in [5, 5.41) is 23.9. The van der Waals surface area contributed by atoms with Gasteiger partial charge >= 0.3 is 15.6 Å². The standard InChI is InChI=1S/C17H21N5O10P2/c23-13-11(7-30-34(28,29)32-33(25,26)27)31-17(14(13)24)22-9-21-12-15(19-8-20-16(12)22)18-6-10-4-2-1-3-5-10/h1-5,8-9,11,13-14,17,23-24H,6-7H2,(H,28,29)(H,18,19,20)(H2,25,26,27). The number of fused-ring (bicyclic) bond motifs is 1. The molecule has 1 saturated heterocycles. The molecule has 0 saturated carbocycles. The number of nitrogens with one attached hydrogen (secondary N) is 1. The van der Waals surface area contributed by atoms with E-state index in [2.05, 4.69) is 29.1 Å². The predicted octanol–water partition coefficient (Wildman–Crippen LogP) is 0.284. The zero-order valence-electron chi connectivity index (χ0n) is 17.2. The van der Waals surface area contributed by atoms with Crippen molar-refractivity contribution < 1.29 is 47.6 Å². The summed E-state index contributed by atoms with van der Waals surface area (Å²) < 4.78 is 37.5. The predicted molar refractivity (Wildman–Crippen MR) is 114 cm³/mol. The van der Waals surface area contributed by atoms with E-state index in [4.69, 9.17) is 14.5 Å². The van der Waals surface area contributed by atoms with E-state index in [9.17, 15) is 24.2 Å². The van der Waals surface area contributed by atoms with Gasteiger partial charge in [-0.15, -0.1) is 0 Å². The van der Waals surface area contributed by atoms with Crippen LogP contribution in [-0.2, 0) is 29.2 Å². The fraction of sp³-hybridized carbons (Fsp3) is 0.353. The molecular weight excluding hydrogens is 496 g/mol. The minimum absolute atomic E-state index is 0.279. The quantitative estimate of drug-likeness (QED) is 0.210. The van der Waals surface area contributed by atoms with Gasteiger partial charge in [-0.2, -0.15) is 4.31 Å². The Morgan fingerprint density at radius 2 is 1.79 bits per heavy atom. The number of ether oxygens (including phenoxy) is 1. The average molecular weight is 517 g/mol. The summed E-state index contributed by atoms with van der Waals surface area (Å²) >= 11 is 0. The Morgan fingerprint density at radius 1 is 1.06 bits per heavy atom. The second-order valence-corrected chi connectivity index (χ2v) is 10.1. The van der Waals surface area contributed by atoms with Gasteiger partial charge in [0, 0.05) is 6.54 Å². The summed E-state index contributed by atoms with van der Waals surface area (Å²) in [4.78, 5) is 39.3. The van der Waals surface area contributed by atoms with Crippen LogP contribution in [0.15, 0.2) is 43.0 Å². The third-order valence-electron chi connectivity index (χ3n) is 4.88. The number of benzene rings is 1. The van der Waals surface area contributed by atoms with Crippen LogP contribution in [0.4, 0.5) is 5.82 Å². The summed E-state index contributed by atoms with van der Waals surface area (Å²) in [5.74, 6) is 0.427. The number of phosphoric acid groups is 2. The van der Waals surface area contributed by atoms with Crippen LogP contribution in [0.3, 0.4) is 0 Å². The molecule has 1 aliphatic heterocycles. The molecule has 0 bridgehead atoms. The van der Waals surface area contributed by atoms with E-state index in [0.29, 0.717) is 17.9 Å². The van der Waals surface area contributed by atoms with Crippen LogP contribution in [0.25, 0.3) is 11.2 Å². The molecule has 5 unspecified atom stereocenters. The van der Waals surface area contributed by atoms with E-state index < -0.39 is 46.8 Å². The highest BCUT2D eigenvalue weighted by Crippen LogP contribution is 2.57. The molecule has 3 aromatic rings. The highest BCUT2D eigenvalue weighted by Gasteiger charge is 2.46. The largest absolute Gasteiger partial charge is 0.481 e. The Morgan fingerprint density at radius 3 is 2.50 bits per heavy atom. The van der Waals surface area contributed by atoms with Gasteiger partial charge in [0.05, 0.1) is 12.9 Å². The first-order valence-electron chi connectivity index (χ1n) is 9.75. The second-order valence-electron chi connectivity index (χ2n) is 7.27. The van der Waals surface area contributed by atoms with Gasteiger partial charge in [0.2, 0.25) is 0 Å². The number of aliphatic hydroxyl groups excluding tert-OH is 2. The Bertz CT molecular complexity index is 1240. The number of hydrogen-bond acceptors (Lipinski definition) is 11. The molecule has 0 radical (unpaired) electrons. The molecule has 17 heteroatoms. The van der Waals surface area contributed by atoms with Crippen molar-refractivity contribution >= 4 is 32.6 Å². The van der Waals surface area contributed by atoms with Crippen LogP contribution in [0.1, 0.15) is 11.8 Å². The summed E-state index contributed by atoms with van der Waals surface area (Å²) in [6, 6.07) is 9.58. The normalized spacial score (nSPS) is 24.9. The van der Waals surface area contributed by atoms with Crippen LogP contribution in [0.5, 0.6) is 0 Å². The zero-order chi connectivity index (χ0) is 24.5. The Hall–Kier alpha value is -2.29. The summed E-state index contributed by atoms with van der Waals surface area (Å²) in [7, 11) is -10.5. The molecule has 1 aromatic carbocycles. The average Bonchev–Trinajstić information content (AvgIpc) is 3.32. The van der Waals surface area contributed by atoms with E-state index in [1.54, 1.807) is 0 Å². The van der Waals surface area contributed by atoms with Crippen molar-refractivity contribution in [3.63, 3.8) is 0 Å². The highest BCUT2D eigenvalue weighted by molar-refractivity contribution is 7.60. The maximum atomic E-state index is 11.6. The van der Waals surface area contributed by atoms with Crippen LogP contribution in [0, 0.1) is 0 Å². The van der Waals surface area contributed by atoms with Gasteiger partial charge in [-0.25, -0.2) is 24.1 Å². The van der Waals surface area contributed by atoms with Crippen LogP contribution in [-0.4, -0.2) is 69.3 Å². The number of aliphatic hydroxyl groups is 2. The highest BCUT2D eigenvalue weighted by atomic mass is 31.3. The van der Waals surface area contributed by atoms with Gasteiger partial charge in [-0.05, 0) is 5.56 Å². The molecule has 2 aromatic heterocycles. The lowest BCUT2D eigenvalue weighted by Gasteiger charge is -2.17. The van der Waals surface area contributed by atoms with Crippen LogP contribution < -0.4 is 5.32 Å². The maximum absolute atomic E-state index is 11.6. The van der Waals surface area contributed by atoms with Crippen molar-refractivity contribution in [1.29, 1.82) is 0 Å². The first kappa shape index (κ1) is 24.8. The van der Waals surface area contributed by atoms with E-state index in [-0.39, 0.29) is 5.65 Å². The van der Waals surface area contributed by atoms with Gasteiger partial charge < -0.3 is 34.9 Å². The first-order chi connectivity index (χ1) is 16.0. The molecular formula is C17H21N5O10P2. The lowest BCUT2D eigenvalue weighted by atomic mass is 10.1. The fourth-order valence-corrected chi connectivity index (χ4v) is 4.97. The lowest BCUT2D eigenvalue weighted by Crippen LogP contribution is -2.33. The molecule has 0 aliphatic carbocycles. The van der Waals surface area contributed by atoms with Crippen molar-refractivity contribution in [2.24, 2.45) is 0 Å². The molecule has 184 valence electrons. The van der Waals surface area contributed by atoms with E-state index in [1.165, 1.54) is 17.2 Å². The molecule has 0 amide bonds. The van der Waals surface area contributed by atoms with Crippen molar-refractivity contribution in [3.8, 4) is 0 Å². The Labute approximate surface area is 191 Å². The monoisotopic (exact) mass is 517 g/mol. The minimum Gasteiger partial charge on any atom is -0.387 e. The van der Waals surface area contributed by atoms with Crippen LogP contribution >= 0.6 is 15.6 Å². The summed E-state index contributed by atoms with van der Waals surface area (Å²) in [5.41, 5.74) is 1.66. The molecule has 0 spiro atoms. The Balaban J connectivity index is 1.48. The minimum atomic E-state index is -5.31. The van der Waals surface area contributed by atoms with Crippen molar-refractivity contribution in [1.82, 2.24) is 19.5 Å². The lowest BCUT2D eigenvalue weighted by molar-refractivity contribution is -0.0503. The molecule has 15 nitrogen and oxygen atoms in total. The van der Waals surface area contributed by atoms with Gasteiger partial charge in [0.15, 0.2) is 23.2 Å². The third kappa shape index (κ3) is 5.67. The summed E-state index contributed by atoms with van der Waals surface area (Å²) in [6.07, 6.45) is -3.02. The number of imidazole rings is 1. The van der Waals surface area contributed by atoms with E-state index in [0.717, 1.165) is 5.56 Å². The SMILES string of the molecule is O=P(O)(O)OP(=O)(O)OCC1OC(n2cnc3c(NCc4ccccc4)ncnc32)C(O)C1O. The number of phosphoric ester groups is 1. The van der Waals surface area contributed by atoms with Crippen molar-refractivity contribution in [2.45, 2.75) is 31.1 Å². The first-order valence-corrected chi connectivity index (χ1v) is 12.8. The van der Waals surface area contributed by atoms with Gasteiger partial charge in [0.25, 0.3) is 0 Å². The summed E-state index contributed by atoms with van der Waals surface area (Å²) in [6.45, 7) is -0.341. The smallest absolute Gasteiger partial charge is 0.387 e. The zero-order valence-corrected chi connectivity index (χ0v) is 19.0. The third-order valence-corrected chi connectivity index (χ3v) is 7.04. The molecule has 1 aliphatic rings. The van der Waals surface area contributed by atoms with Crippen molar-refractivity contribution in [3.05, 3.63) is 48.5 Å². The van der Waals surface area contributed by atoms with Crippen molar-refractivity contribution in [2.75, 3.05) is 11.9 Å². The number of aromatic nitrogens is 4. The maximum Gasteiger partial charge on any atom is 0.481 e. The molecule has 6 N–H and O–H groups in total. The molecule has 1 fully saturated rings. The van der Waals surface area contributed by atoms with E-state index in [1.807, 2.05) is 30.3 Å². The van der Waals surface area contributed by atoms with Gasteiger partial charge in [-0.3, -0.25) is 9.09 Å². The number of nitrogens with zero attached hydrogens (tertiary/aromatic N) is 4. The van der Waals surface area contributed by atoms with E-state index >= 15 is 0 Å². The molecule has 3 heterocycles. The molecule has 34 heavy (non-hydrogen) atoms. The van der Waals surface area contributed by atoms with Gasteiger partial charge in [0.1, 0.15) is 24.6 Å².